The molecule has 0 amide bonds. The van der Waals surface area contributed by atoms with Gasteiger partial charge in [-0.2, -0.15) is 0 Å². The van der Waals surface area contributed by atoms with E-state index in [1.165, 1.54) is 11.1 Å². The lowest BCUT2D eigenvalue weighted by atomic mass is 10.1. The van der Waals surface area contributed by atoms with Gasteiger partial charge in [0.2, 0.25) is 0 Å². The third-order valence-electron chi connectivity index (χ3n) is 1.56. The fourth-order valence-corrected chi connectivity index (χ4v) is 1.04. The highest BCUT2D eigenvalue weighted by Crippen LogP contribution is 2.03. The predicted octanol–water partition coefficient (Wildman–Crippen LogP) is 1.31. The highest BCUT2D eigenvalue weighted by molar-refractivity contribution is 5.16. The Labute approximate surface area is 66.9 Å². The lowest BCUT2D eigenvalue weighted by molar-refractivity contribution is 0.288. The van der Waals surface area contributed by atoms with Gasteiger partial charge in [-0.05, 0) is 30.9 Å². The molecule has 2 heteroatoms. The molecule has 0 aliphatic heterocycles. The average molecular weight is 151 g/mol. The van der Waals surface area contributed by atoms with Gasteiger partial charge in [-0.1, -0.05) is 6.07 Å². The molecule has 60 valence electrons. The molecule has 0 unspecified atom stereocenters. The van der Waals surface area contributed by atoms with E-state index in [0.717, 1.165) is 12.8 Å². The van der Waals surface area contributed by atoms with Crippen LogP contribution < -0.4 is 0 Å². The average Bonchev–Trinajstić information content (AvgIpc) is 2.01. The summed E-state index contributed by atoms with van der Waals surface area (Å²) in [5, 5.41) is 8.58. The standard InChI is InChI=1S/C9H13NO/c1-8-5-9(3-2-4-11)7-10-6-8/h5-7,11H,2-4H2,1H3. The van der Waals surface area contributed by atoms with Crippen LogP contribution in [0.2, 0.25) is 0 Å². The Bertz CT molecular complexity index is 223. The Kier molecular flexibility index (Phi) is 3.05. The molecule has 0 saturated heterocycles. The molecular formula is C9H13NO. The van der Waals surface area contributed by atoms with Crippen LogP contribution in [-0.4, -0.2) is 16.7 Å². The van der Waals surface area contributed by atoms with Gasteiger partial charge < -0.3 is 5.11 Å². The number of nitrogens with zero attached hydrogens (tertiary/aromatic N) is 1. The topological polar surface area (TPSA) is 33.1 Å². The summed E-state index contributed by atoms with van der Waals surface area (Å²) in [5.41, 5.74) is 2.39. The van der Waals surface area contributed by atoms with Crippen molar-refractivity contribution in [2.75, 3.05) is 6.61 Å². The maximum absolute atomic E-state index is 8.58. The van der Waals surface area contributed by atoms with Crippen LogP contribution in [0.15, 0.2) is 18.5 Å². The van der Waals surface area contributed by atoms with Gasteiger partial charge in [0.15, 0.2) is 0 Å². The highest BCUT2D eigenvalue weighted by atomic mass is 16.2. The SMILES string of the molecule is Cc1cncc(CCCO)c1. The first kappa shape index (κ1) is 8.21. The number of aryl methyl sites for hydroxylation is 2. The van der Waals surface area contributed by atoms with Crippen LogP contribution >= 0.6 is 0 Å². The van der Waals surface area contributed by atoms with E-state index in [-0.39, 0.29) is 6.61 Å². The van der Waals surface area contributed by atoms with E-state index in [9.17, 15) is 0 Å². The predicted molar refractivity (Wildman–Crippen MR) is 44.4 cm³/mol. The largest absolute Gasteiger partial charge is 0.396 e. The van der Waals surface area contributed by atoms with Crippen LogP contribution in [0.3, 0.4) is 0 Å². The van der Waals surface area contributed by atoms with Crippen LogP contribution in [0.25, 0.3) is 0 Å². The zero-order valence-corrected chi connectivity index (χ0v) is 6.75. The van der Waals surface area contributed by atoms with Gasteiger partial charge in [0.25, 0.3) is 0 Å². The van der Waals surface area contributed by atoms with Crippen molar-refractivity contribution in [2.24, 2.45) is 0 Å². The Hall–Kier alpha value is -0.890. The molecule has 0 aliphatic carbocycles. The van der Waals surface area contributed by atoms with Crippen LogP contribution in [0.4, 0.5) is 0 Å². The summed E-state index contributed by atoms with van der Waals surface area (Å²) >= 11 is 0. The molecule has 0 spiro atoms. The quantitative estimate of drug-likeness (QED) is 0.706. The second-order valence-corrected chi connectivity index (χ2v) is 2.70. The van der Waals surface area contributed by atoms with Gasteiger partial charge >= 0.3 is 0 Å². The number of hydrogen-bond acceptors (Lipinski definition) is 2. The summed E-state index contributed by atoms with van der Waals surface area (Å²) in [5.74, 6) is 0. The van der Waals surface area contributed by atoms with Gasteiger partial charge in [0, 0.05) is 19.0 Å². The van der Waals surface area contributed by atoms with Crippen molar-refractivity contribution in [2.45, 2.75) is 19.8 Å². The van der Waals surface area contributed by atoms with Crippen LogP contribution in [-0.2, 0) is 6.42 Å². The van der Waals surface area contributed by atoms with Gasteiger partial charge in [-0.3, -0.25) is 4.98 Å². The van der Waals surface area contributed by atoms with E-state index in [4.69, 9.17) is 5.11 Å². The molecule has 0 atom stereocenters. The van der Waals surface area contributed by atoms with Crippen LogP contribution in [0.5, 0.6) is 0 Å². The summed E-state index contributed by atoms with van der Waals surface area (Å²) in [6.45, 7) is 2.28. The first-order valence-corrected chi connectivity index (χ1v) is 3.84. The lowest BCUT2D eigenvalue weighted by Gasteiger charge is -1.98. The minimum atomic E-state index is 0.258. The molecule has 1 aromatic rings. The summed E-state index contributed by atoms with van der Waals surface area (Å²) in [7, 11) is 0. The molecular weight excluding hydrogens is 138 g/mol. The fraction of sp³-hybridized carbons (Fsp3) is 0.444. The zero-order valence-electron chi connectivity index (χ0n) is 6.75. The fourth-order valence-electron chi connectivity index (χ4n) is 1.04. The van der Waals surface area contributed by atoms with Gasteiger partial charge in [0.1, 0.15) is 0 Å². The molecule has 2 nitrogen and oxygen atoms in total. The molecule has 0 saturated carbocycles. The number of aliphatic hydroxyl groups is 1. The molecule has 1 aromatic heterocycles. The van der Waals surface area contributed by atoms with E-state index < -0.39 is 0 Å². The number of aromatic nitrogens is 1. The smallest absolute Gasteiger partial charge is 0.0434 e. The lowest BCUT2D eigenvalue weighted by Crippen LogP contribution is -1.90. The van der Waals surface area contributed by atoms with E-state index >= 15 is 0 Å². The molecule has 0 aromatic carbocycles. The van der Waals surface area contributed by atoms with Crippen molar-refractivity contribution in [3.63, 3.8) is 0 Å². The molecule has 0 bridgehead atoms. The first-order valence-electron chi connectivity index (χ1n) is 3.84. The highest BCUT2D eigenvalue weighted by Gasteiger charge is 1.92. The zero-order chi connectivity index (χ0) is 8.10. The van der Waals surface area contributed by atoms with Gasteiger partial charge in [-0.25, -0.2) is 0 Å². The van der Waals surface area contributed by atoms with Gasteiger partial charge in [-0.15, -0.1) is 0 Å². The Morgan fingerprint density at radius 3 is 2.91 bits per heavy atom. The summed E-state index contributed by atoms with van der Waals surface area (Å²) in [6.07, 6.45) is 5.43. The molecule has 1 heterocycles. The number of aliphatic hydroxyl groups excluding tert-OH is 1. The number of rotatable bonds is 3. The monoisotopic (exact) mass is 151 g/mol. The second-order valence-electron chi connectivity index (χ2n) is 2.70. The Balaban J connectivity index is 2.56. The summed E-state index contributed by atoms with van der Waals surface area (Å²) < 4.78 is 0. The Morgan fingerprint density at radius 2 is 2.27 bits per heavy atom. The third-order valence-corrected chi connectivity index (χ3v) is 1.56. The van der Waals surface area contributed by atoms with Crippen LogP contribution in [0.1, 0.15) is 17.5 Å². The van der Waals surface area contributed by atoms with Crippen molar-refractivity contribution < 1.29 is 5.11 Å². The molecule has 11 heavy (non-hydrogen) atoms. The number of hydrogen-bond donors (Lipinski definition) is 1. The minimum Gasteiger partial charge on any atom is -0.396 e. The summed E-state index contributed by atoms with van der Waals surface area (Å²) in [6, 6.07) is 2.10. The normalized spacial score (nSPS) is 10.0. The van der Waals surface area contributed by atoms with Crippen molar-refractivity contribution in [3.8, 4) is 0 Å². The van der Waals surface area contributed by atoms with E-state index in [1.807, 2.05) is 19.3 Å². The van der Waals surface area contributed by atoms with Crippen molar-refractivity contribution in [3.05, 3.63) is 29.6 Å². The van der Waals surface area contributed by atoms with E-state index in [0.29, 0.717) is 0 Å². The third kappa shape index (κ3) is 2.68. The molecule has 0 radical (unpaired) electrons. The van der Waals surface area contributed by atoms with E-state index in [2.05, 4.69) is 11.1 Å². The minimum absolute atomic E-state index is 0.258. The van der Waals surface area contributed by atoms with Crippen molar-refractivity contribution in [1.82, 2.24) is 4.98 Å². The molecule has 1 rings (SSSR count). The first-order chi connectivity index (χ1) is 5.33. The van der Waals surface area contributed by atoms with E-state index in [1.54, 1.807) is 0 Å². The summed E-state index contributed by atoms with van der Waals surface area (Å²) in [4.78, 5) is 4.06. The maximum atomic E-state index is 8.58. The molecule has 0 fully saturated rings. The van der Waals surface area contributed by atoms with Crippen molar-refractivity contribution >= 4 is 0 Å². The van der Waals surface area contributed by atoms with Crippen LogP contribution in [0, 0.1) is 6.92 Å². The maximum Gasteiger partial charge on any atom is 0.0434 e. The second kappa shape index (κ2) is 4.09. The molecule has 0 aliphatic rings. The van der Waals surface area contributed by atoms with Crippen molar-refractivity contribution in [1.29, 1.82) is 0 Å². The van der Waals surface area contributed by atoms with Gasteiger partial charge in [0.05, 0.1) is 0 Å². The Morgan fingerprint density at radius 1 is 1.45 bits per heavy atom. The molecule has 1 N–H and O–H groups in total. The number of pyridine rings is 1.